The van der Waals surface area contributed by atoms with E-state index < -0.39 is 0 Å². The summed E-state index contributed by atoms with van der Waals surface area (Å²) in [6, 6.07) is 6.24. The van der Waals surface area contributed by atoms with E-state index in [9.17, 15) is 9.18 Å². The van der Waals surface area contributed by atoms with Crippen LogP contribution in [0.2, 0.25) is 0 Å². The van der Waals surface area contributed by atoms with Crippen molar-refractivity contribution < 1.29 is 9.18 Å². The van der Waals surface area contributed by atoms with Gasteiger partial charge in [-0.1, -0.05) is 17.8 Å². The van der Waals surface area contributed by atoms with E-state index in [0.717, 1.165) is 16.4 Å². The van der Waals surface area contributed by atoms with E-state index in [4.69, 9.17) is 0 Å². The van der Waals surface area contributed by atoms with Gasteiger partial charge in [-0.3, -0.25) is 4.79 Å². The molecule has 0 fully saturated rings. The zero-order valence-electron chi connectivity index (χ0n) is 11.7. The van der Waals surface area contributed by atoms with Crippen molar-refractivity contribution in [2.45, 2.75) is 5.16 Å². The van der Waals surface area contributed by atoms with E-state index in [1.807, 2.05) is 11.6 Å². The fourth-order valence-electron chi connectivity index (χ4n) is 1.78. The lowest BCUT2D eigenvalue weighted by Gasteiger charge is -2.06. The van der Waals surface area contributed by atoms with Crippen LogP contribution in [0, 0.1) is 5.82 Å². The van der Waals surface area contributed by atoms with Gasteiger partial charge in [0.2, 0.25) is 5.91 Å². The summed E-state index contributed by atoms with van der Waals surface area (Å²) < 4.78 is 14.8. The first-order valence-electron chi connectivity index (χ1n) is 6.40. The quantitative estimate of drug-likeness (QED) is 0.659. The van der Waals surface area contributed by atoms with Crippen LogP contribution in [-0.2, 0) is 11.8 Å². The van der Waals surface area contributed by atoms with Gasteiger partial charge in [0.15, 0.2) is 5.16 Å². The van der Waals surface area contributed by atoms with Gasteiger partial charge < -0.3 is 9.88 Å². The maximum absolute atomic E-state index is 12.9. The number of carbonyl (C=O) groups excluding carboxylic acids is 1. The van der Waals surface area contributed by atoms with Gasteiger partial charge >= 0.3 is 0 Å². The SMILES string of the molecule is C=CCNC(=O)CSc1ncc(-c2ccc(F)cc2)n1C. The third kappa shape index (κ3) is 3.95. The molecule has 21 heavy (non-hydrogen) atoms. The normalized spacial score (nSPS) is 10.4. The van der Waals surface area contributed by atoms with Crippen LogP contribution in [0.3, 0.4) is 0 Å². The average molecular weight is 305 g/mol. The Morgan fingerprint density at radius 3 is 2.86 bits per heavy atom. The molecule has 0 atom stereocenters. The summed E-state index contributed by atoms with van der Waals surface area (Å²) in [5.41, 5.74) is 1.76. The van der Waals surface area contributed by atoms with Crippen molar-refractivity contribution in [3.05, 3.63) is 48.9 Å². The molecule has 0 aliphatic rings. The number of benzene rings is 1. The number of amides is 1. The second kappa shape index (κ2) is 7.08. The molecule has 0 saturated heterocycles. The number of hydrogen-bond acceptors (Lipinski definition) is 3. The van der Waals surface area contributed by atoms with Crippen molar-refractivity contribution in [3.63, 3.8) is 0 Å². The van der Waals surface area contributed by atoms with Crippen LogP contribution in [0.15, 0.2) is 48.3 Å². The highest BCUT2D eigenvalue weighted by molar-refractivity contribution is 7.99. The Labute approximate surface area is 127 Å². The third-order valence-corrected chi connectivity index (χ3v) is 3.91. The molecule has 0 saturated carbocycles. The molecule has 1 aromatic carbocycles. The van der Waals surface area contributed by atoms with E-state index in [1.165, 1.54) is 23.9 Å². The van der Waals surface area contributed by atoms with E-state index in [1.54, 1.807) is 24.4 Å². The van der Waals surface area contributed by atoms with Gasteiger partial charge in [0.25, 0.3) is 0 Å². The molecule has 2 rings (SSSR count). The van der Waals surface area contributed by atoms with E-state index in [2.05, 4.69) is 16.9 Å². The number of nitrogens with one attached hydrogen (secondary N) is 1. The van der Waals surface area contributed by atoms with Gasteiger partial charge in [-0.05, 0) is 29.8 Å². The zero-order chi connectivity index (χ0) is 15.2. The van der Waals surface area contributed by atoms with Crippen molar-refractivity contribution in [1.82, 2.24) is 14.9 Å². The van der Waals surface area contributed by atoms with Gasteiger partial charge in [-0.2, -0.15) is 0 Å². The average Bonchev–Trinajstić information content (AvgIpc) is 2.85. The Morgan fingerprint density at radius 1 is 1.48 bits per heavy atom. The molecule has 0 aliphatic heterocycles. The monoisotopic (exact) mass is 305 g/mol. The van der Waals surface area contributed by atoms with Gasteiger partial charge in [-0.25, -0.2) is 9.37 Å². The molecular weight excluding hydrogens is 289 g/mol. The van der Waals surface area contributed by atoms with Crippen LogP contribution in [0.4, 0.5) is 4.39 Å². The van der Waals surface area contributed by atoms with Crippen LogP contribution < -0.4 is 5.32 Å². The number of aromatic nitrogens is 2. The molecular formula is C15H16FN3OS. The molecule has 0 spiro atoms. The summed E-state index contributed by atoms with van der Waals surface area (Å²) in [5, 5.41) is 3.45. The van der Waals surface area contributed by atoms with Crippen molar-refractivity contribution in [3.8, 4) is 11.3 Å². The number of hydrogen-bond donors (Lipinski definition) is 1. The van der Waals surface area contributed by atoms with Crippen molar-refractivity contribution in [1.29, 1.82) is 0 Å². The Balaban J connectivity index is 2.05. The van der Waals surface area contributed by atoms with Gasteiger partial charge in [0.1, 0.15) is 5.82 Å². The van der Waals surface area contributed by atoms with E-state index in [0.29, 0.717) is 12.3 Å². The first kappa shape index (κ1) is 15.3. The lowest BCUT2D eigenvalue weighted by atomic mass is 10.2. The summed E-state index contributed by atoms with van der Waals surface area (Å²) >= 11 is 1.36. The maximum Gasteiger partial charge on any atom is 0.230 e. The molecule has 1 heterocycles. The molecule has 6 heteroatoms. The van der Waals surface area contributed by atoms with Crippen molar-refractivity contribution >= 4 is 17.7 Å². The molecule has 2 aromatic rings. The summed E-state index contributed by atoms with van der Waals surface area (Å²) in [6.07, 6.45) is 3.35. The molecule has 1 amide bonds. The minimum Gasteiger partial charge on any atom is -0.352 e. The number of halogens is 1. The Morgan fingerprint density at radius 2 is 2.19 bits per heavy atom. The number of carbonyl (C=O) groups is 1. The highest BCUT2D eigenvalue weighted by atomic mass is 32.2. The summed E-state index contributed by atoms with van der Waals surface area (Å²) in [7, 11) is 1.87. The minimum absolute atomic E-state index is 0.0637. The molecule has 1 aromatic heterocycles. The largest absolute Gasteiger partial charge is 0.352 e. The number of rotatable bonds is 6. The van der Waals surface area contributed by atoms with E-state index >= 15 is 0 Å². The number of thioether (sulfide) groups is 1. The number of nitrogens with zero attached hydrogens (tertiary/aromatic N) is 2. The van der Waals surface area contributed by atoms with Gasteiger partial charge in [0, 0.05) is 13.6 Å². The van der Waals surface area contributed by atoms with Crippen molar-refractivity contribution in [2.75, 3.05) is 12.3 Å². The molecule has 0 unspecified atom stereocenters. The fraction of sp³-hybridized carbons (Fsp3) is 0.200. The first-order chi connectivity index (χ1) is 10.1. The van der Waals surface area contributed by atoms with E-state index in [-0.39, 0.29) is 11.7 Å². The molecule has 110 valence electrons. The second-order valence-corrected chi connectivity index (χ2v) is 5.32. The Kier molecular flexibility index (Phi) is 5.16. The molecule has 0 bridgehead atoms. The lowest BCUT2D eigenvalue weighted by molar-refractivity contribution is -0.118. The maximum atomic E-state index is 12.9. The Hall–Kier alpha value is -2.08. The van der Waals surface area contributed by atoms with Crippen LogP contribution in [0.5, 0.6) is 0 Å². The van der Waals surface area contributed by atoms with Crippen LogP contribution in [0.1, 0.15) is 0 Å². The van der Waals surface area contributed by atoms with Gasteiger partial charge in [0.05, 0.1) is 17.6 Å². The predicted molar refractivity (Wildman–Crippen MR) is 82.5 cm³/mol. The highest BCUT2D eigenvalue weighted by Gasteiger charge is 2.10. The lowest BCUT2D eigenvalue weighted by Crippen LogP contribution is -2.25. The predicted octanol–water partition coefficient (Wildman–Crippen LogP) is 2.62. The second-order valence-electron chi connectivity index (χ2n) is 4.37. The summed E-state index contributed by atoms with van der Waals surface area (Å²) in [4.78, 5) is 15.8. The van der Waals surface area contributed by atoms with Crippen LogP contribution in [-0.4, -0.2) is 27.8 Å². The first-order valence-corrected chi connectivity index (χ1v) is 7.38. The zero-order valence-corrected chi connectivity index (χ0v) is 12.5. The van der Waals surface area contributed by atoms with Crippen LogP contribution in [0.25, 0.3) is 11.3 Å². The topological polar surface area (TPSA) is 46.9 Å². The summed E-state index contributed by atoms with van der Waals surface area (Å²) in [5.74, 6) is -0.0395. The smallest absolute Gasteiger partial charge is 0.230 e. The molecule has 1 N–H and O–H groups in total. The molecule has 0 aliphatic carbocycles. The highest BCUT2D eigenvalue weighted by Crippen LogP contribution is 2.24. The Bertz CT molecular complexity index is 637. The molecule has 4 nitrogen and oxygen atoms in total. The van der Waals surface area contributed by atoms with Gasteiger partial charge in [-0.15, -0.1) is 6.58 Å². The molecule has 0 radical (unpaired) electrons. The fourth-order valence-corrected chi connectivity index (χ4v) is 2.56. The van der Waals surface area contributed by atoms with Crippen molar-refractivity contribution in [2.24, 2.45) is 7.05 Å². The third-order valence-electron chi connectivity index (χ3n) is 2.86. The summed E-state index contributed by atoms with van der Waals surface area (Å²) in [6.45, 7) is 4.00. The standard InChI is InChI=1S/C15H16FN3OS/c1-3-8-17-14(20)10-21-15-18-9-13(19(15)2)11-4-6-12(16)7-5-11/h3-7,9H,1,8,10H2,2H3,(H,17,20). The number of imidazole rings is 1. The van der Waals surface area contributed by atoms with Crippen LogP contribution >= 0.6 is 11.8 Å². The minimum atomic E-state index is -0.269.